The molecule has 31 heavy (non-hydrogen) atoms. The summed E-state index contributed by atoms with van der Waals surface area (Å²) in [5.41, 5.74) is 5.05. The second-order valence-electron chi connectivity index (χ2n) is 11.6. The normalized spacial score (nSPS) is 35.5. The van der Waals surface area contributed by atoms with Crippen LogP contribution in [0.3, 0.4) is 0 Å². The average molecular weight is 429 g/mol. The molecule has 0 aliphatic heterocycles. The molecule has 0 radical (unpaired) electrons. The highest BCUT2D eigenvalue weighted by Crippen LogP contribution is 2.60. The molecule has 0 spiro atoms. The van der Waals surface area contributed by atoms with E-state index in [1.54, 1.807) is 11.1 Å². The number of fused-ring (bicyclic) bond motifs is 1. The molecule has 0 bridgehead atoms. The van der Waals surface area contributed by atoms with E-state index in [0.29, 0.717) is 5.41 Å². The van der Waals surface area contributed by atoms with Crippen LogP contribution in [0.25, 0.3) is 0 Å². The number of ether oxygens (including phenoxy) is 2. The van der Waals surface area contributed by atoms with Crippen molar-refractivity contribution in [3.05, 3.63) is 35.5 Å². The van der Waals surface area contributed by atoms with Crippen LogP contribution in [-0.4, -0.2) is 25.9 Å². The van der Waals surface area contributed by atoms with E-state index >= 15 is 0 Å². The van der Waals surface area contributed by atoms with Crippen molar-refractivity contribution in [3.8, 4) is 0 Å². The fraction of sp³-hybridized carbons (Fsp3) is 0.793. The number of hydrogen-bond donors (Lipinski definition) is 0. The van der Waals surface area contributed by atoms with E-state index in [2.05, 4.69) is 46.4 Å². The van der Waals surface area contributed by atoms with Gasteiger partial charge in [-0.3, -0.25) is 0 Å². The van der Waals surface area contributed by atoms with E-state index in [1.165, 1.54) is 50.5 Å². The molecule has 2 heteroatoms. The third-order valence-electron chi connectivity index (χ3n) is 9.20. The first-order chi connectivity index (χ1) is 14.7. The Morgan fingerprint density at radius 1 is 1.16 bits per heavy atom. The van der Waals surface area contributed by atoms with Crippen molar-refractivity contribution in [2.75, 3.05) is 14.2 Å². The summed E-state index contributed by atoms with van der Waals surface area (Å²) in [5.74, 6) is 2.47. The Kier molecular flexibility index (Phi) is 8.30. The molecule has 0 heterocycles. The largest absolute Gasteiger partial charge is 0.379 e. The second-order valence-corrected chi connectivity index (χ2v) is 11.6. The van der Waals surface area contributed by atoms with Crippen LogP contribution in [0.2, 0.25) is 0 Å². The Balaban J connectivity index is 1.64. The fourth-order valence-corrected chi connectivity index (χ4v) is 6.96. The Morgan fingerprint density at radius 3 is 2.65 bits per heavy atom. The molecule has 2 nitrogen and oxygen atoms in total. The van der Waals surface area contributed by atoms with Gasteiger partial charge in [0.15, 0.2) is 0 Å². The molecule has 0 N–H and O–H groups in total. The lowest BCUT2D eigenvalue weighted by atomic mass is 9.60. The van der Waals surface area contributed by atoms with E-state index in [1.807, 2.05) is 14.2 Å². The Morgan fingerprint density at radius 2 is 1.94 bits per heavy atom. The van der Waals surface area contributed by atoms with Gasteiger partial charge < -0.3 is 9.47 Å². The third-order valence-corrected chi connectivity index (χ3v) is 9.20. The van der Waals surface area contributed by atoms with Crippen molar-refractivity contribution in [3.63, 3.8) is 0 Å². The molecule has 0 aromatic heterocycles. The van der Waals surface area contributed by atoms with Crippen molar-refractivity contribution in [1.29, 1.82) is 0 Å². The van der Waals surface area contributed by atoms with Crippen molar-refractivity contribution in [2.24, 2.45) is 23.2 Å². The van der Waals surface area contributed by atoms with Gasteiger partial charge in [0.05, 0.1) is 11.7 Å². The number of rotatable bonds is 8. The van der Waals surface area contributed by atoms with Crippen molar-refractivity contribution in [1.82, 2.24) is 0 Å². The van der Waals surface area contributed by atoms with Gasteiger partial charge in [-0.15, -0.1) is 0 Å². The first kappa shape index (κ1) is 24.8. The van der Waals surface area contributed by atoms with Gasteiger partial charge in [0, 0.05) is 14.2 Å². The van der Waals surface area contributed by atoms with Crippen LogP contribution in [0.4, 0.5) is 0 Å². The molecule has 3 saturated carbocycles. The average Bonchev–Trinajstić information content (AvgIpc) is 3.10. The van der Waals surface area contributed by atoms with E-state index in [0.717, 1.165) is 43.4 Å². The molecule has 3 rings (SSSR count). The summed E-state index contributed by atoms with van der Waals surface area (Å²) in [6, 6.07) is 0. The maximum absolute atomic E-state index is 5.64. The van der Waals surface area contributed by atoms with Gasteiger partial charge in [0.2, 0.25) is 0 Å². The number of allylic oxidation sites excluding steroid dienone is 3. The smallest absolute Gasteiger partial charge is 0.0815 e. The van der Waals surface area contributed by atoms with Gasteiger partial charge in [-0.25, -0.2) is 0 Å². The zero-order valence-electron chi connectivity index (χ0n) is 21.3. The molecule has 3 aliphatic carbocycles. The summed E-state index contributed by atoms with van der Waals surface area (Å²) in [6.07, 6.45) is 19.1. The zero-order chi connectivity index (χ0) is 22.6. The number of hydrogen-bond acceptors (Lipinski definition) is 2. The maximum atomic E-state index is 5.64. The van der Waals surface area contributed by atoms with E-state index in [4.69, 9.17) is 9.47 Å². The highest BCUT2D eigenvalue weighted by molar-refractivity contribution is 5.28. The lowest BCUT2D eigenvalue weighted by Crippen LogP contribution is -2.36. The van der Waals surface area contributed by atoms with Crippen LogP contribution in [0.5, 0.6) is 0 Å². The van der Waals surface area contributed by atoms with Gasteiger partial charge in [0.1, 0.15) is 0 Å². The summed E-state index contributed by atoms with van der Waals surface area (Å²) in [5, 5.41) is 0. The van der Waals surface area contributed by atoms with Crippen molar-refractivity contribution in [2.45, 2.75) is 110 Å². The van der Waals surface area contributed by atoms with E-state index in [9.17, 15) is 0 Å². The first-order valence-electron chi connectivity index (χ1n) is 12.8. The SMILES string of the molecule is C=C1CC/C(=C/C=C2\CCC[C@]3(C)[C@@H]([C@H](C)CCCC(C)(C)OC)CC[C@@H]23)C[C@H]1OC. The van der Waals surface area contributed by atoms with Crippen LogP contribution in [0.1, 0.15) is 98.3 Å². The predicted molar refractivity (Wildman–Crippen MR) is 132 cm³/mol. The minimum atomic E-state index is 0.0172. The van der Waals surface area contributed by atoms with Gasteiger partial charge >= 0.3 is 0 Å². The van der Waals surface area contributed by atoms with E-state index < -0.39 is 0 Å². The van der Waals surface area contributed by atoms with Gasteiger partial charge in [-0.2, -0.15) is 0 Å². The monoisotopic (exact) mass is 428 g/mol. The highest BCUT2D eigenvalue weighted by Gasteiger charge is 2.50. The molecule has 3 fully saturated rings. The maximum Gasteiger partial charge on any atom is 0.0815 e. The third kappa shape index (κ3) is 5.74. The molecule has 3 aliphatic rings. The molecule has 0 saturated heterocycles. The summed E-state index contributed by atoms with van der Waals surface area (Å²) in [6.45, 7) is 13.8. The number of methoxy groups -OCH3 is 2. The lowest BCUT2D eigenvalue weighted by Gasteiger charge is -2.44. The first-order valence-corrected chi connectivity index (χ1v) is 12.8. The van der Waals surface area contributed by atoms with E-state index in [-0.39, 0.29) is 11.7 Å². The van der Waals surface area contributed by atoms with Gasteiger partial charge in [-0.05, 0) is 100 Å². The van der Waals surface area contributed by atoms with Crippen LogP contribution < -0.4 is 0 Å². The van der Waals surface area contributed by atoms with Gasteiger partial charge in [-0.1, -0.05) is 56.6 Å². The Hall–Kier alpha value is -0.860. The molecule has 0 aromatic carbocycles. The topological polar surface area (TPSA) is 18.5 Å². The summed E-state index contributed by atoms with van der Waals surface area (Å²) in [7, 11) is 3.66. The quantitative estimate of drug-likeness (QED) is 0.364. The minimum absolute atomic E-state index is 0.0172. The minimum Gasteiger partial charge on any atom is -0.379 e. The highest BCUT2D eigenvalue weighted by atomic mass is 16.5. The summed E-state index contributed by atoms with van der Waals surface area (Å²) >= 11 is 0. The molecule has 0 amide bonds. The standard InChI is InChI=1S/C29H48O2/c1-21(10-8-18-28(3,4)31-7)25-16-17-26-24(11-9-19-29(25,26)5)15-14-23-13-12-22(2)27(20-23)30-6/h14-15,21,25-27H,2,8-13,16-20H2,1,3-7H3/b23-14-,24-15+/t21-,25-,26+,27-,29-/m1/s1. The van der Waals surface area contributed by atoms with Crippen LogP contribution in [0, 0.1) is 23.2 Å². The molecule has 176 valence electrons. The van der Waals surface area contributed by atoms with Crippen molar-refractivity contribution >= 4 is 0 Å². The summed E-state index contributed by atoms with van der Waals surface area (Å²) < 4.78 is 11.3. The summed E-state index contributed by atoms with van der Waals surface area (Å²) in [4.78, 5) is 0. The van der Waals surface area contributed by atoms with Crippen molar-refractivity contribution < 1.29 is 9.47 Å². The van der Waals surface area contributed by atoms with Crippen LogP contribution in [-0.2, 0) is 9.47 Å². The molecule has 0 aromatic rings. The molecular weight excluding hydrogens is 380 g/mol. The lowest BCUT2D eigenvalue weighted by molar-refractivity contribution is 0.0108. The Bertz CT molecular complexity index is 685. The molecule has 5 atom stereocenters. The second kappa shape index (κ2) is 10.4. The zero-order valence-corrected chi connectivity index (χ0v) is 21.3. The fourth-order valence-electron chi connectivity index (χ4n) is 6.96. The van der Waals surface area contributed by atoms with Gasteiger partial charge in [0.25, 0.3) is 0 Å². The Labute approximate surface area is 192 Å². The molecule has 0 unspecified atom stereocenters. The molecular formula is C29H48O2. The predicted octanol–water partition coefficient (Wildman–Crippen LogP) is 8.04. The van der Waals surface area contributed by atoms with Crippen LogP contribution >= 0.6 is 0 Å². The van der Waals surface area contributed by atoms with Crippen LogP contribution in [0.15, 0.2) is 35.5 Å².